The topological polar surface area (TPSA) is 7.12 Å². The van der Waals surface area contributed by atoms with Crippen molar-refractivity contribution in [3.63, 3.8) is 0 Å². The second-order valence-electron chi connectivity index (χ2n) is 8.93. The van der Waals surface area contributed by atoms with E-state index in [1.165, 1.54) is 92.2 Å². The van der Waals surface area contributed by atoms with Gasteiger partial charge in [-0.15, -0.1) is 0 Å². The van der Waals surface area contributed by atoms with Gasteiger partial charge in [0, 0.05) is 63.6 Å². The molecule has 0 N–H and O–H groups in total. The Kier molecular flexibility index (Phi) is 12.9. The van der Waals surface area contributed by atoms with Crippen molar-refractivity contribution >= 4 is 28.7 Å². The number of hydrogen-bond acceptors (Lipinski definition) is 1. The molecule has 3 aromatic rings. The molecular weight excluding hydrogens is 477 g/mol. The van der Waals surface area contributed by atoms with Gasteiger partial charge in [0.15, 0.2) is 6.20 Å². The van der Waals surface area contributed by atoms with Crippen molar-refractivity contribution in [3.8, 4) is 0 Å². The van der Waals surface area contributed by atoms with Gasteiger partial charge < -0.3 is 4.90 Å². The number of hydrogen-bond donors (Lipinski definition) is 0. The van der Waals surface area contributed by atoms with Crippen LogP contribution in [0, 0.1) is 0 Å². The van der Waals surface area contributed by atoms with E-state index in [1.54, 1.807) is 0 Å². The molecule has 0 aliphatic heterocycles. The molecule has 0 saturated heterocycles. The van der Waals surface area contributed by atoms with Gasteiger partial charge in [0.2, 0.25) is 5.52 Å². The number of aryl methyl sites for hydroxylation is 1. The van der Waals surface area contributed by atoms with Crippen molar-refractivity contribution in [2.24, 2.45) is 7.05 Å². The molecular formula is C30H41N2Y+. The van der Waals surface area contributed by atoms with E-state index in [4.69, 9.17) is 0 Å². The zero-order valence-electron chi connectivity index (χ0n) is 21.0. The maximum atomic E-state index is 2.60. The molecule has 0 aliphatic rings. The SMILES string of the molecule is CCCCCCN(CCCCCC)c1ccc(C=Cc2cc[n+](C)c3ccccc23)cc1.[Y]. The van der Waals surface area contributed by atoms with Crippen LogP contribution in [-0.2, 0) is 39.8 Å². The van der Waals surface area contributed by atoms with E-state index >= 15 is 0 Å². The summed E-state index contributed by atoms with van der Waals surface area (Å²) in [6.45, 7) is 6.92. The monoisotopic (exact) mass is 518 g/mol. The molecule has 0 unspecified atom stereocenters. The molecule has 3 heteroatoms. The first-order chi connectivity index (χ1) is 15.7. The van der Waals surface area contributed by atoms with Crippen LogP contribution in [0.1, 0.15) is 76.3 Å². The maximum absolute atomic E-state index is 2.60. The van der Waals surface area contributed by atoms with Crippen molar-refractivity contribution < 1.29 is 37.3 Å². The summed E-state index contributed by atoms with van der Waals surface area (Å²) in [5, 5.41) is 1.29. The Morgan fingerprint density at radius 3 is 2.00 bits per heavy atom. The minimum atomic E-state index is 0. The van der Waals surface area contributed by atoms with Crippen molar-refractivity contribution in [3.05, 3.63) is 71.9 Å². The molecule has 0 saturated carbocycles. The molecule has 0 bridgehead atoms. The molecule has 1 radical (unpaired) electrons. The van der Waals surface area contributed by atoms with Crippen LogP contribution in [-0.4, -0.2) is 13.1 Å². The Morgan fingerprint density at radius 1 is 0.727 bits per heavy atom. The molecule has 1 aromatic heterocycles. The van der Waals surface area contributed by atoms with Gasteiger partial charge in [0.25, 0.3) is 0 Å². The van der Waals surface area contributed by atoms with Crippen molar-refractivity contribution in [1.82, 2.24) is 0 Å². The van der Waals surface area contributed by atoms with Gasteiger partial charge in [-0.05, 0) is 42.2 Å². The van der Waals surface area contributed by atoms with Crippen LogP contribution in [0.2, 0.25) is 0 Å². The molecule has 0 amide bonds. The quantitative estimate of drug-likeness (QED) is 0.165. The third-order valence-corrected chi connectivity index (χ3v) is 6.35. The number of benzene rings is 2. The van der Waals surface area contributed by atoms with Crippen LogP contribution in [0.3, 0.4) is 0 Å². The first kappa shape index (κ1) is 27.7. The van der Waals surface area contributed by atoms with Crippen LogP contribution in [0.25, 0.3) is 23.1 Å². The van der Waals surface area contributed by atoms with E-state index in [9.17, 15) is 0 Å². The average molecular weight is 519 g/mol. The number of anilines is 1. The molecule has 3 rings (SSSR count). The number of para-hydroxylation sites is 1. The molecule has 1 heterocycles. The zero-order valence-corrected chi connectivity index (χ0v) is 23.8. The van der Waals surface area contributed by atoms with Crippen molar-refractivity contribution in [2.75, 3.05) is 18.0 Å². The molecule has 173 valence electrons. The third kappa shape index (κ3) is 8.65. The van der Waals surface area contributed by atoms with E-state index in [0.29, 0.717) is 0 Å². The summed E-state index contributed by atoms with van der Waals surface area (Å²) in [6.07, 6.45) is 17.2. The second kappa shape index (κ2) is 15.4. The minimum absolute atomic E-state index is 0. The van der Waals surface area contributed by atoms with Gasteiger partial charge in [-0.2, -0.15) is 0 Å². The van der Waals surface area contributed by atoms with E-state index in [1.807, 2.05) is 0 Å². The first-order valence-electron chi connectivity index (χ1n) is 12.6. The summed E-state index contributed by atoms with van der Waals surface area (Å²) in [4.78, 5) is 2.60. The van der Waals surface area contributed by atoms with Crippen LogP contribution in [0.5, 0.6) is 0 Å². The number of nitrogens with zero attached hydrogens (tertiary/aromatic N) is 2. The van der Waals surface area contributed by atoms with Gasteiger partial charge in [-0.1, -0.05) is 88.8 Å². The fraction of sp³-hybridized carbons (Fsp3) is 0.433. The van der Waals surface area contributed by atoms with Crippen molar-refractivity contribution in [1.29, 1.82) is 0 Å². The second-order valence-corrected chi connectivity index (χ2v) is 8.93. The largest absolute Gasteiger partial charge is 0.372 e. The molecule has 0 fully saturated rings. The van der Waals surface area contributed by atoms with Crippen LogP contribution < -0.4 is 9.47 Å². The molecule has 33 heavy (non-hydrogen) atoms. The summed E-state index contributed by atoms with van der Waals surface area (Å²) in [5.41, 5.74) is 5.14. The van der Waals surface area contributed by atoms with Gasteiger partial charge in [-0.3, -0.25) is 0 Å². The maximum Gasteiger partial charge on any atom is 0.212 e. The average Bonchev–Trinajstić information content (AvgIpc) is 2.83. The summed E-state index contributed by atoms with van der Waals surface area (Å²) in [6, 6.07) is 19.9. The molecule has 0 aliphatic carbocycles. The van der Waals surface area contributed by atoms with E-state index in [-0.39, 0.29) is 32.7 Å². The number of unbranched alkanes of at least 4 members (excludes halogenated alkanes) is 6. The summed E-state index contributed by atoms with van der Waals surface area (Å²) in [7, 11) is 2.10. The van der Waals surface area contributed by atoms with E-state index in [2.05, 4.69) is 103 Å². The number of pyridine rings is 1. The van der Waals surface area contributed by atoms with E-state index < -0.39 is 0 Å². The summed E-state index contributed by atoms with van der Waals surface area (Å²) >= 11 is 0. The number of fused-ring (bicyclic) bond motifs is 1. The normalized spacial score (nSPS) is 11.1. The third-order valence-electron chi connectivity index (χ3n) is 6.35. The van der Waals surface area contributed by atoms with Crippen LogP contribution in [0.15, 0.2) is 60.8 Å². The Morgan fingerprint density at radius 2 is 1.36 bits per heavy atom. The van der Waals surface area contributed by atoms with Gasteiger partial charge in [0.05, 0.1) is 5.39 Å². The van der Waals surface area contributed by atoms with Crippen LogP contribution in [0.4, 0.5) is 5.69 Å². The fourth-order valence-corrected chi connectivity index (χ4v) is 4.34. The predicted molar refractivity (Wildman–Crippen MR) is 141 cm³/mol. The van der Waals surface area contributed by atoms with E-state index in [0.717, 1.165) is 0 Å². The standard InChI is InChI=1S/C30H41N2.Y/c1-4-6-8-12-23-32(24-13-9-7-5-2)28-20-17-26(18-21-28)16-19-27-22-25-31(3)30-15-11-10-14-29(27)30;/h10-11,14-22,25H,4-9,12-13,23-24H2,1-3H3;/q+1;. The van der Waals surface area contributed by atoms with Gasteiger partial charge in [0.1, 0.15) is 7.05 Å². The summed E-state index contributed by atoms with van der Waals surface area (Å²) in [5.74, 6) is 0. The zero-order chi connectivity index (χ0) is 22.6. The molecule has 2 nitrogen and oxygen atoms in total. The Balaban J connectivity index is 0.00000385. The Labute approximate surface area is 227 Å². The summed E-state index contributed by atoms with van der Waals surface area (Å²) < 4.78 is 2.18. The van der Waals surface area contributed by atoms with Crippen molar-refractivity contribution in [2.45, 2.75) is 65.2 Å². The first-order valence-corrected chi connectivity index (χ1v) is 12.6. The molecule has 2 aromatic carbocycles. The minimum Gasteiger partial charge on any atom is -0.372 e. The smallest absolute Gasteiger partial charge is 0.212 e. The van der Waals surface area contributed by atoms with Gasteiger partial charge in [-0.25, -0.2) is 4.57 Å². The van der Waals surface area contributed by atoms with Gasteiger partial charge >= 0.3 is 0 Å². The Bertz CT molecular complexity index is 966. The number of rotatable bonds is 13. The fourth-order valence-electron chi connectivity index (χ4n) is 4.34. The Hall–Kier alpha value is -1.51. The molecule has 0 spiro atoms. The van der Waals surface area contributed by atoms with Crippen LogP contribution >= 0.6 is 0 Å². The number of aromatic nitrogens is 1. The molecule has 0 atom stereocenters. The predicted octanol–water partition coefficient (Wildman–Crippen LogP) is 7.80.